The first-order chi connectivity index (χ1) is 5.38. The van der Waals surface area contributed by atoms with E-state index in [0.717, 1.165) is 0 Å². The lowest BCUT2D eigenvalue weighted by Gasteiger charge is -2.02. The first-order valence-corrected chi connectivity index (χ1v) is 3.33. The summed E-state index contributed by atoms with van der Waals surface area (Å²) in [6.45, 7) is 1.27. The predicted octanol–water partition coefficient (Wildman–Crippen LogP) is -1.38. The quantitative estimate of drug-likeness (QED) is 0.405. The van der Waals surface area contributed by atoms with Crippen LogP contribution in [0.5, 0.6) is 0 Å². The van der Waals surface area contributed by atoms with E-state index in [1.54, 1.807) is 18.6 Å². The molecule has 0 aliphatic rings. The Bertz CT molecular complexity index is 276. The van der Waals surface area contributed by atoms with Crippen LogP contribution in [0.15, 0.2) is 23.7 Å². The summed E-state index contributed by atoms with van der Waals surface area (Å²) in [4.78, 5) is 3.86. The van der Waals surface area contributed by atoms with Gasteiger partial charge in [0.25, 0.3) is 0 Å². The molecule has 1 aromatic rings. The monoisotopic (exact) mass is 153 g/mol. The maximum Gasteiger partial charge on any atom is 0.170 e. The van der Waals surface area contributed by atoms with Gasteiger partial charge in [0, 0.05) is 25.5 Å². The molecule has 0 bridgehead atoms. The van der Waals surface area contributed by atoms with Gasteiger partial charge in [0.15, 0.2) is 5.49 Å². The largest absolute Gasteiger partial charge is 0.329 e. The number of nitrogens with zero attached hydrogens (tertiary/aromatic N) is 3. The van der Waals surface area contributed by atoms with Crippen molar-refractivity contribution in [1.29, 1.82) is 0 Å². The van der Waals surface area contributed by atoms with Gasteiger partial charge in [-0.05, 0) is 0 Å². The number of hydrogen-bond acceptors (Lipinski definition) is 4. The summed E-state index contributed by atoms with van der Waals surface area (Å²) >= 11 is 0. The van der Waals surface area contributed by atoms with E-state index in [-0.39, 0.29) is 0 Å². The van der Waals surface area contributed by atoms with Gasteiger partial charge in [-0.3, -0.25) is 4.98 Å². The Morgan fingerprint density at radius 1 is 1.64 bits per heavy atom. The summed E-state index contributed by atoms with van der Waals surface area (Å²) in [7, 11) is 0. The lowest BCUT2D eigenvalue weighted by Crippen LogP contribution is -2.25. The van der Waals surface area contributed by atoms with Crippen molar-refractivity contribution in [2.24, 2.45) is 16.7 Å². The lowest BCUT2D eigenvalue weighted by molar-refractivity contribution is 0.656. The first-order valence-electron chi connectivity index (χ1n) is 3.33. The highest BCUT2D eigenvalue weighted by molar-refractivity contribution is 4.78. The fourth-order valence-corrected chi connectivity index (χ4v) is 0.815. The molecule has 0 fully saturated rings. The molecule has 0 amide bonds. The standard InChI is InChI=1S/C6H11N5/c7-1-3-11-4-2-9-5-6(11)10-8/h2,4-5H,1,3,7-8H2. The normalized spacial score (nSPS) is 11.9. The molecular formula is C6H11N5. The molecule has 0 saturated heterocycles. The Labute approximate surface area is 64.4 Å². The number of hydrogen-bond donors (Lipinski definition) is 2. The summed E-state index contributed by atoms with van der Waals surface area (Å²) in [6.07, 6.45) is 5.05. The highest BCUT2D eigenvalue weighted by atomic mass is 15.2. The molecule has 5 heteroatoms. The topological polar surface area (TPSA) is 82.2 Å². The Morgan fingerprint density at radius 3 is 3.09 bits per heavy atom. The zero-order chi connectivity index (χ0) is 8.10. The van der Waals surface area contributed by atoms with Gasteiger partial charge in [0.1, 0.15) is 0 Å². The van der Waals surface area contributed by atoms with Crippen LogP contribution in [-0.4, -0.2) is 16.1 Å². The van der Waals surface area contributed by atoms with Gasteiger partial charge in [-0.25, -0.2) is 0 Å². The summed E-state index contributed by atoms with van der Waals surface area (Å²) in [5, 5.41) is 3.53. The molecule has 0 aliphatic heterocycles. The fourth-order valence-electron chi connectivity index (χ4n) is 0.815. The van der Waals surface area contributed by atoms with E-state index < -0.39 is 0 Å². The highest BCUT2D eigenvalue weighted by Crippen LogP contribution is 1.75. The van der Waals surface area contributed by atoms with Crippen molar-refractivity contribution in [1.82, 2.24) is 9.55 Å². The molecule has 1 rings (SSSR count). The second kappa shape index (κ2) is 3.72. The Kier molecular flexibility index (Phi) is 2.62. The van der Waals surface area contributed by atoms with Gasteiger partial charge in [0.05, 0.1) is 6.20 Å². The zero-order valence-electron chi connectivity index (χ0n) is 6.14. The van der Waals surface area contributed by atoms with E-state index in [1.165, 1.54) is 0 Å². The van der Waals surface area contributed by atoms with Gasteiger partial charge < -0.3 is 16.1 Å². The molecule has 0 aliphatic carbocycles. The molecule has 0 saturated carbocycles. The Morgan fingerprint density at radius 2 is 2.45 bits per heavy atom. The minimum Gasteiger partial charge on any atom is -0.329 e. The van der Waals surface area contributed by atoms with Crippen LogP contribution in [0.3, 0.4) is 0 Å². The van der Waals surface area contributed by atoms with Crippen LogP contribution in [0.2, 0.25) is 0 Å². The average molecular weight is 153 g/mol. The molecule has 0 atom stereocenters. The molecule has 5 nitrogen and oxygen atoms in total. The minimum absolute atomic E-state index is 0.567. The van der Waals surface area contributed by atoms with Crippen LogP contribution in [0, 0.1) is 0 Å². The zero-order valence-corrected chi connectivity index (χ0v) is 6.14. The third-order valence-electron chi connectivity index (χ3n) is 1.32. The van der Waals surface area contributed by atoms with Crippen molar-refractivity contribution < 1.29 is 0 Å². The van der Waals surface area contributed by atoms with Gasteiger partial charge >= 0.3 is 0 Å². The van der Waals surface area contributed by atoms with Crippen LogP contribution < -0.4 is 17.1 Å². The van der Waals surface area contributed by atoms with Crippen molar-refractivity contribution >= 4 is 0 Å². The SMILES string of the molecule is NCCn1ccncc1=NN. The van der Waals surface area contributed by atoms with E-state index in [9.17, 15) is 0 Å². The van der Waals surface area contributed by atoms with Crippen molar-refractivity contribution in [2.75, 3.05) is 6.54 Å². The van der Waals surface area contributed by atoms with E-state index in [0.29, 0.717) is 18.6 Å². The number of rotatable bonds is 2. The number of nitrogens with two attached hydrogens (primary N) is 2. The summed E-state index contributed by atoms with van der Waals surface area (Å²) < 4.78 is 1.84. The fraction of sp³-hybridized carbons (Fsp3) is 0.333. The maximum absolute atomic E-state index is 5.36. The highest BCUT2D eigenvalue weighted by Gasteiger charge is 1.88. The predicted molar refractivity (Wildman–Crippen MR) is 41.0 cm³/mol. The molecule has 1 aromatic heterocycles. The van der Waals surface area contributed by atoms with Crippen molar-refractivity contribution in [2.45, 2.75) is 6.54 Å². The third kappa shape index (κ3) is 1.78. The van der Waals surface area contributed by atoms with E-state index in [4.69, 9.17) is 11.6 Å². The van der Waals surface area contributed by atoms with Gasteiger partial charge in [-0.1, -0.05) is 0 Å². The lowest BCUT2D eigenvalue weighted by atomic mass is 10.6. The molecule has 4 N–H and O–H groups in total. The van der Waals surface area contributed by atoms with Gasteiger partial charge in [0.2, 0.25) is 0 Å². The molecule has 60 valence electrons. The van der Waals surface area contributed by atoms with Crippen LogP contribution in [-0.2, 0) is 6.54 Å². The van der Waals surface area contributed by atoms with Gasteiger partial charge in [-0.15, -0.1) is 0 Å². The van der Waals surface area contributed by atoms with E-state index >= 15 is 0 Å². The van der Waals surface area contributed by atoms with Crippen LogP contribution >= 0.6 is 0 Å². The molecule has 11 heavy (non-hydrogen) atoms. The molecule has 0 unspecified atom stereocenters. The smallest absolute Gasteiger partial charge is 0.170 e. The summed E-state index contributed by atoms with van der Waals surface area (Å²) in [5.74, 6) is 5.10. The van der Waals surface area contributed by atoms with E-state index in [1.807, 2.05) is 4.57 Å². The summed E-state index contributed by atoms with van der Waals surface area (Å²) in [6, 6.07) is 0. The molecule has 0 radical (unpaired) electrons. The third-order valence-corrected chi connectivity index (χ3v) is 1.32. The van der Waals surface area contributed by atoms with Gasteiger partial charge in [-0.2, -0.15) is 5.10 Å². The van der Waals surface area contributed by atoms with Crippen molar-refractivity contribution in [3.05, 3.63) is 24.1 Å². The molecule has 0 aromatic carbocycles. The second-order valence-corrected chi connectivity index (χ2v) is 2.05. The molecule has 1 heterocycles. The van der Waals surface area contributed by atoms with Crippen molar-refractivity contribution in [3.8, 4) is 0 Å². The van der Waals surface area contributed by atoms with Crippen molar-refractivity contribution in [3.63, 3.8) is 0 Å². The van der Waals surface area contributed by atoms with Crippen LogP contribution in [0.1, 0.15) is 0 Å². The van der Waals surface area contributed by atoms with E-state index in [2.05, 4.69) is 10.1 Å². The van der Waals surface area contributed by atoms with Crippen LogP contribution in [0.25, 0.3) is 0 Å². The average Bonchev–Trinajstić information content (AvgIpc) is 2.06. The molecule has 0 spiro atoms. The minimum atomic E-state index is 0.567. The Balaban J connectivity index is 3.03. The second-order valence-electron chi connectivity index (χ2n) is 2.05. The maximum atomic E-state index is 5.36. The number of aromatic nitrogens is 2. The summed E-state index contributed by atoms with van der Waals surface area (Å²) in [5.41, 5.74) is 6.00. The Hall–Kier alpha value is -1.36. The first kappa shape index (κ1) is 7.74. The molecular weight excluding hydrogens is 142 g/mol. The van der Waals surface area contributed by atoms with Crippen LogP contribution in [0.4, 0.5) is 0 Å².